The number of fused-ring (bicyclic) bond motifs is 2. The molecule has 4 aromatic rings. The summed E-state index contributed by atoms with van der Waals surface area (Å²) in [4.78, 5) is 13.3. The van der Waals surface area contributed by atoms with Crippen molar-refractivity contribution < 1.29 is 13.9 Å². The molecule has 0 saturated carbocycles. The third-order valence-electron chi connectivity index (χ3n) is 6.36. The lowest BCUT2D eigenvalue weighted by Gasteiger charge is -2.29. The summed E-state index contributed by atoms with van der Waals surface area (Å²) in [5, 5.41) is 2.38. The van der Waals surface area contributed by atoms with Crippen LogP contribution in [0.25, 0.3) is 21.9 Å². The SMILES string of the molecule is COC(=O)C1(c2ccccc2)CCc2c1cc1ccc(Cl)cc1c2-c1ccccc1F. The van der Waals surface area contributed by atoms with Crippen LogP contribution in [0.15, 0.2) is 78.9 Å². The molecule has 1 unspecified atom stereocenters. The van der Waals surface area contributed by atoms with Gasteiger partial charge < -0.3 is 4.74 Å². The van der Waals surface area contributed by atoms with Gasteiger partial charge in [-0.25, -0.2) is 4.39 Å². The Morgan fingerprint density at radius 2 is 1.74 bits per heavy atom. The molecule has 0 spiro atoms. The monoisotopic (exact) mass is 430 g/mol. The molecule has 0 heterocycles. The molecule has 0 aliphatic heterocycles. The number of esters is 1. The standard InChI is InChI=1S/C27H20ClFO2/c1-31-26(30)27(18-7-3-2-4-8-18)14-13-20-23(27)15-17-11-12-19(28)16-22(17)25(20)21-9-5-6-10-24(21)29/h2-12,15-16H,13-14H2,1H3. The zero-order valence-corrected chi connectivity index (χ0v) is 17.7. The number of halogens is 2. The fourth-order valence-electron chi connectivity index (χ4n) is 5.00. The number of ether oxygens (including phenoxy) is 1. The maximum absolute atomic E-state index is 15.0. The average molecular weight is 431 g/mol. The maximum atomic E-state index is 15.0. The number of rotatable bonds is 3. The Morgan fingerprint density at radius 3 is 2.48 bits per heavy atom. The zero-order chi connectivity index (χ0) is 21.6. The van der Waals surface area contributed by atoms with Gasteiger partial charge in [0.2, 0.25) is 0 Å². The third kappa shape index (κ3) is 2.95. The lowest BCUT2D eigenvalue weighted by molar-refractivity contribution is -0.145. The smallest absolute Gasteiger partial charge is 0.320 e. The molecule has 0 bridgehead atoms. The Kier molecular flexibility index (Phi) is 4.79. The molecule has 0 saturated heterocycles. The van der Waals surface area contributed by atoms with Crippen LogP contribution in [0.2, 0.25) is 5.02 Å². The van der Waals surface area contributed by atoms with Crippen LogP contribution in [-0.2, 0) is 21.4 Å². The van der Waals surface area contributed by atoms with Crippen LogP contribution >= 0.6 is 11.6 Å². The minimum absolute atomic E-state index is 0.299. The van der Waals surface area contributed by atoms with Crippen LogP contribution in [0.5, 0.6) is 0 Å². The average Bonchev–Trinajstić information content (AvgIpc) is 3.18. The van der Waals surface area contributed by atoms with Crippen molar-refractivity contribution in [2.24, 2.45) is 0 Å². The summed E-state index contributed by atoms with van der Waals surface area (Å²) < 4.78 is 20.3. The molecule has 2 nitrogen and oxygen atoms in total. The van der Waals surface area contributed by atoms with E-state index in [1.165, 1.54) is 13.2 Å². The molecular formula is C27H20ClFO2. The molecule has 1 atom stereocenters. The predicted molar refractivity (Wildman–Crippen MR) is 122 cm³/mol. The molecule has 0 aromatic heterocycles. The Morgan fingerprint density at radius 1 is 1.00 bits per heavy atom. The van der Waals surface area contributed by atoms with E-state index in [4.69, 9.17) is 16.3 Å². The van der Waals surface area contributed by atoms with Crippen molar-refractivity contribution in [3.05, 3.63) is 106 Å². The highest BCUT2D eigenvalue weighted by Gasteiger charge is 2.49. The van der Waals surface area contributed by atoms with Crippen molar-refractivity contribution in [3.8, 4) is 11.1 Å². The topological polar surface area (TPSA) is 26.3 Å². The summed E-state index contributed by atoms with van der Waals surface area (Å²) in [6.07, 6.45) is 1.19. The highest BCUT2D eigenvalue weighted by Crippen LogP contribution is 2.50. The number of hydrogen-bond acceptors (Lipinski definition) is 2. The molecule has 5 rings (SSSR count). The van der Waals surface area contributed by atoms with Crippen LogP contribution < -0.4 is 0 Å². The van der Waals surface area contributed by atoms with Gasteiger partial charge in [-0.15, -0.1) is 0 Å². The van der Waals surface area contributed by atoms with Crippen molar-refractivity contribution >= 4 is 28.3 Å². The summed E-state index contributed by atoms with van der Waals surface area (Å²) in [6.45, 7) is 0. The second kappa shape index (κ2) is 7.51. The van der Waals surface area contributed by atoms with E-state index >= 15 is 0 Å². The number of methoxy groups -OCH3 is 1. The van der Waals surface area contributed by atoms with Gasteiger partial charge in [-0.2, -0.15) is 0 Å². The van der Waals surface area contributed by atoms with Gasteiger partial charge in [0.25, 0.3) is 0 Å². The summed E-state index contributed by atoms with van der Waals surface area (Å²) >= 11 is 6.33. The van der Waals surface area contributed by atoms with Gasteiger partial charge in [-0.1, -0.05) is 66.2 Å². The van der Waals surface area contributed by atoms with Gasteiger partial charge in [0.15, 0.2) is 0 Å². The number of benzene rings is 4. The molecule has 0 fully saturated rings. The van der Waals surface area contributed by atoms with Crippen LogP contribution in [0.1, 0.15) is 23.1 Å². The first-order chi connectivity index (χ1) is 15.1. The van der Waals surface area contributed by atoms with Crippen LogP contribution in [0, 0.1) is 5.82 Å². The predicted octanol–water partition coefficient (Wildman–Crippen LogP) is 6.70. The second-order valence-corrected chi connectivity index (χ2v) is 8.32. The van der Waals surface area contributed by atoms with Crippen molar-refractivity contribution in [2.75, 3.05) is 7.11 Å². The highest BCUT2D eigenvalue weighted by molar-refractivity contribution is 6.31. The van der Waals surface area contributed by atoms with Crippen LogP contribution in [-0.4, -0.2) is 13.1 Å². The van der Waals surface area contributed by atoms with Crippen molar-refractivity contribution in [2.45, 2.75) is 18.3 Å². The second-order valence-electron chi connectivity index (χ2n) is 7.89. The molecule has 0 radical (unpaired) electrons. The van der Waals surface area contributed by atoms with Crippen molar-refractivity contribution in [1.29, 1.82) is 0 Å². The van der Waals surface area contributed by atoms with E-state index in [1.807, 2.05) is 60.7 Å². The Balaban J connectivity index is 1.92. The quantitative estimate of drug-likeness (QED) is 0.338. The fourth-order valence-corrected chi connectivity index (χ4v) is 5.17. The molecule has 1 aliphatic carbocycles. The summed E-state index contributed by atoms with van der Waals surface area (Å²) in [7, 11) is 1.42. The van der Waals surface area contributed by atoms with E-state index in [0.717, 1.165) is 33.0 Å². The molecule has 4 aromatic carbocycles. The van der Waals surface area contributed by atoms with E-state index in [-0.39, 0.29) is 11.8 Å². The van der Waals surface area contributed by atoms with E-state index < -0.39 is 5.41 Å². The largest absolute Gasteiger partial charge is 0.468 e. The lowest BCUT2D eigenvalue weighted by Crippen LogP contribution is -2.36. The van der Waals surface area contributed by atoms with E-state index in [0.29, 0.717) is 23.4 Å². The molecule has 0 amide bonds. The van der Waals surface area contributed by atoms with E-state index in [9.17, 15) is 9.18 Å². The lowest BCUT2D eigenvalue weighted by atomic mass is 9.74. The maximum Gasteiger partial charge on any atom is 0.320 e. The Bertz CT molecular complexity index is 1320. The third-order valence-corrected chi connectivity index (χ3v) is 6.60. The molecule has 4 heteroatoms. The summed E-state index contributed by atoms with van der Waals surface area (Å²) in [5.74, 6) is -0.599. The molecule has 1 aliphatic rings. The molecular weight excluding hydrogens is 411 g/mol. The van der Waals surface area contributed by atoms with Gasteiger partial charge in [-0.05, 0) is 70.1 Å². The van der Waals surface area contributed by atoms with Gasteiger partial charge in [0.1, 0.15) is 11.2 Å². The number of hydrogen-bond donors (Lipinski definition) is 0. The highest BCUT2D eigenvalue weighted by atomic mass is 35.5. The van der Waals surface area contributed by atoms with E-state index in [2.05, 4.69) is 0 Å². The molecule has 31 heavy (non-hydrogen) atoms. The number of carbonyl (C=O) groups excluding carboxylic acids is 1. The first-order valence-electron chi connectivity index (χ1n) is 10.2. The van der Waals surface area contributed by atoms with Crippen molar-refractivity contribution in [1.82, 2.24) is 0 Å². The fraction of sp³-hybridized carbons (Fsp3) is 0.148. The number of carbonyl (C=O) groups is 1. The molecule has 154 valence electrons. The Labute approximate surface area is 185 Å². The zero-order valence-electron chi connectivity index (χ0n) is 17.0. The molecule has 0 N–H and O–H groups in total. The Hall–Kier alpha value is -3.17. The first kappa shape index (κ1) is 19.8. The minimum Gasteiger partial charge on any atom is -0.468 e. The van der Waals surface area contributed by atoms with Crippen LogP contribution in [0.4, 0.5) is 4.39 Å². The van der Waals surface area contributed by atoms with Gasteiger partial charge in [0.05, 0.1) is 7.11 Å². The van der Waals surface area contributed by atoms with E-state index in [1.54, 1.807) is 12.1 Å². The summed E-state index contributed by atoms with van der Waals surface area (Å²) in [6, 6.07) is 24.1. The minimum atomic E-state index is -0.931. The van der Waals surface area contributed by atoms with Gasteiger partial charge >= 0.3 is 5.97 Å². The van der Waals surface area contributed by atoms with Crippen molar-refractivity contribution in [3.63, 3.8) is 0 Å². The summed E-state index contributed by atoms with van der Waals surface area (Å²) in [5.41, 5.74) is 3.11. The van der Waals surface area contributed by atoms with Crippen LogP contribution in [0.3, 0.4) is 0 Å². The van der Waals surface area contributed by atoms with Gasteiger partial charge in [-0.3, -0.25) is 4.79 Å². The first-order valence-corrected chi connectivity index (χ1v) is 10.6. The van der Waals surface area contributed by atoms with Gasteiger partial charge in [0, 0.05) is 10.6 Å². The normalized spacial score (nSPS) is 17.5.